The molecule has 0 aliphatic carbocycles. The molecule has 0 fully saturated rings. The molecule has 0 aliphatic rings. The molecule has 4 aromatic carbocycles. The van der Waals surface area contributed by atoms with Gasteiger partial charge in [-0.1, -0.05) is 72.8 Å². The maximum absolute atomic E-state index is 12.4. The van der Waals surface area contributed by atoms with E-state index in [4.69, 9.17) is 0 Å². The van der Waals surface area contributed by atoms with Crippen LogP contribution in [-0.2, 0) is 6.42 Å². The summed E-state index contributed by atoms with van der Waals surface area (Å²) in [5.74, 6) is -1.08. The molecule has 6 amide bonds. The summed E-state index contributed by atoms with van der Waals surface area (Å²) in [6.07, 6.45) is 3.82. The normalized spacial score (nSPS) is 10.6. The Balaban J connectivity index is 0.932. The summed E-state index contributed by atoms with van der Waals surface area (Å²) in [7, 11) is 0. The predicted molar refractivity (Wildman–Crippen MR) is 178 cm³/mol. The number of anilines is 2. The molecule has 0 unspecified atom stereocenters. The molecule has 6 N–H and O–H groups in total. The van der Waals surface area contributed by atoms with E-state index in [0.717, 1.165) is 32.7 Å². The molecule has 0 atom stereocenters. The van der Waals surface area contributed by atoms with Gasteiger partial charge in [0.05, 0.1) is 0 Å². The van der Waals surface area contributed by atoms with E-state index in [1.165, 1.54) is 0 Å². The summed E-state index contributed by atoms with van der Waals surface area (Å²) in [5, 5.41) is 8.89. The zero-order valence-corrected chi connectivity index (χ0v) is 24.8. The molecule has 47 heavy (non-hydrogen) atoms. The fourth-order valence-electron chi connectivity index (χ4n) is 4.74. The lowest BCUT2D eigenvalue weighted by molar-refractivity contribution is 0.0926. The highest BCUT2D eigenvalue weighted by Crippen LogP contribution is 2.17. The highest BCUT2D eigenvalue weighted by atomic mass is 16.2. The number of benzene rings is 4. The van der Waals surface area contributed by atoms with Crippen LogP contribution in [0.25, 0.3) is 21.5 Å². The minimum absolute atomic E-state index is 0.180. The van der Waals surface area contributed by atoms with Crippen LogP contribution in [0, 0.1) is 0 Å². The van der Waals surface area contributed by atoms with E-state index >= 15 is 0 Å². The van der Waals surface area contributed by atoms with Gasteiger partial charge in [0, 0.05) is 34.5 Å². The predicted octanol–water partition coefficient (Wildman–Crippen LogP) is 5.31. The van der Waals surface area contributed by atoms with Crippen molar-refractivity contribution in [1.29, 1.82) is 0 Å². The van der Waals surface area contributed by atoms with E-state index in [1.54, 1.807) is 48.8 Å². The molecule has 232 valence electrons. The summed E-state index contributed by atoms with van der Waals surface area (Å²) in [6, 6.07) is 31.7. The number of pyridine rings is 2. The van der Waals surface area contributed by atoms with Gasteiger partial charge in [0.25, 0.3) is 11.8 Å². The van der Waals surface area contributed by atoms with Crippen molar-refractivity contribution in [3.63, 3.8) is 0 Å². The number of hydrazine groups is 2. The molecule has 2 heterocycles. The standard InChI is InChI=1S/C35H28N8O4/c44-32(30-18-24-5-1-3-7-26(24)20-36-30)40-42-34(46)38-28-13-9-22(10-14-28)17-23-11-15-29(16-12-23)39-35(47)43-41-33(45)31-19-25-6-2-4-8-27(25)21-37-31/h1-16,18-21H,17H2,(H,40,44)(H,41,45)(H2,38,42,46)(H2,39,43,47). The van der Waals surface area contributed by atoms with Crippen molar-refractivity contribution in [2.24, 2.45) is 0 Å². The molecule has 0 radical (unpaired) electrons. The van der Waals surface area contributed by atoms with Gasteiger partial charge in [0.2, 0.25) is 0 Å². The number of carbonyl (C=O) groups excluding carboxylic acids is 4. The van der Waals surface area contributed by atoms with Gasteiger partial charge in [-0.15, -0.1) is 0 Å². The zero-order chi connectivity index (χ0) is 32.6. The third-order valence-electron chi connectivity index (χ3n) is 7.14. The number of aromatic nitrogens is 2. The van der Waals surface area contributed by atoms with Crippen LogP contribution in [0.5, 0.6) is 0 Å². The third-order valence-corrected chi connectivity index (χ3v) is 7.14. The van der Waals surface area contributed by atoms with Gasteiger partial charge < -0.3 is 10.6 Å². The molecule has 0 aliphatic heterocycles. The molecule has 12 nitrogen and oxygen atoms in total. The lowest BCUT2D eigenvalue weighted by Crippen LogP contribution is -2.44. The fourth-order valence-corrected chi connectivity index (χ4v) is 4.74. The molecule has 2 aromatic heterocycles. The van der Waals surface area contributed by atoms with Crippen LogP contribution >= 0.6 is 0 Å². The Morgan fingerprint density at radius 1 is 0.468 bits per heavy atom. The largest absolute Gasteiger partial charge is 0.337 e. The fraction of sp³-hybridized carbons (Fsp3) is 0.0286. The van der Waals surface area contributed by atoms with Gasteiger partial charge in [-0.25, -0.2) is 20.4 Å². The van der Waals surface area contributed by atoms with Gasteiger partial charge in [-0.2, -0.15) is 0 Å². The quantitative estimate of drug-likeness (QED) is 0.138. The molecule has 0 saturated carbocycles. The first-order valence-corrected chi connectivity index (χ1v) is 14.5. The van der Waals surface area contributed by atoms with Gasteiger partial charge in [-0.3, -0.25) is 30.4 Å². The second-order valence-electron chi connectivity index (χ2n) is 10.5. The number of amides is 6. The number of fused-ring (bicyclic) bond motifs is 2. The van der Waals surface area contributed by atoms with E-state index in [0.29, 0.717) is 17.8 Å². The Bertz CT molecular complexity index is 1950. The molecular weight excluding hydrogens is 596 g/mol. The highest BCUT2D eigenvalue weighted by molar-refractivity contribution is 5.99. The number of nitrogens with one attached hydrogen (secondary N) is 6. The maximum Gasteiger partial charge on any atom is 0.337 e. The van der Waals surface area contributed by atoms with Gasteiger partial charge >= 0.3 is 12.1 Å². The Labute approximate surface area is 268 Å². The number of nitrogens with zero attached hydrogens (tertiary/aromatic N) is 2. The van der Waals surface area contributed by atoms with Crippen molar-refractivity contribution >= 4 is 56.8 Å². The second-order valence-corrected chi connectivity index (χ2v) is 10.5. The zero-order valence-electron chi connectivity index (χ0n) is 24.8. The summed E-state index contributed by atoms with van der Waals surface area (Å²) in [4.78, 5) is 57.7. The summed E-state index contributed by atoms with van der Waals surface area (Å²) >= 11 is 0. The Hall–Kier alpha value is -6.82. The highest BCUT2D eigenvalue weighted by Gasteiger charge is 2.11. The maximum atomic E-state index is 12.4. The second kappa shape index (κ2) is 13.9. The van der Waals surface area contributed by atoms with E-state index in [-0.39, 0.29) is 11.4 Å². The number of hydrogen-bond acceptors (Lipinski definition) is 6. The van der Waals surface area contributed by atoms with Crippen LogP contribution in [0.2, 0.25) is 0 Å². The topological polar surface area (TPSA) is 166 Å². The first kappa shape index (κ1) is 30.2. The van der Waals surface area contributed by atoms with Crippen molar-refractivity contribution in [3.05, 3.63) is 144 Å². The Morgan fingerprint density at radius 3 is 1.26 bits per heavy atom. The molecule has 6 rings (SSSR count). The van der Waals surface area contributed by atoms with Crippen molar-refractivity contribution in [1.82, 2.24) is 31.7 Å². The van der Waals surface area contributed by atoms with E-state index in [2.05, 4.69) is 42.3 Å². The molecule has 0 saturated heterocycles. The number of carbonyl (C=O) groups is 4. The van der Waals surface area contributed by atoms with Crippen molar-refractivity contribution in [2.45, 2.75) is 6.42 Å². The van der Waals surface area contributed by atoms with Crippen molar-refractivity contribution < 1.29 is 19.2 Å². The molecule has 0 spiro atoms. The smallest absolute Gasteiger partial charge is 0.307 e. The van der Waals surface area contributed by atoms with Crippen LogP contribution < -0.4 is 32.3 Å². The van der Waals surface area contributed by atoms with Gasteiger partial charge in [-0.05, 0) is 64.7 Å². The Kier molecular flexibility index (Phi) is 8.91. The summed E-state index contributed by atoms with van der Waals surface area (Å²) in [5.41, 5.74) is 12.8. The van der Waals surface area contributed by atoms with Gasteiger partial charge in [0.15, 0.2) is 0 Å². The minimum Gasteiger partial charge on any atom is -0.307 e. The number of rotatable bonds is 6. The average Bonchev–Trinajstić information content (AvgIpc) is 3.10. The SMILES string of the molecule is O=C(NNC(=O)c1cc2ccccc2cn1)Nc1ccc(Cc2ccc(NC(=O)NNC(=O)c3cc4ccccc4cn3)cc2)cc1. The van der Waals surface area contributed by atoms with Crippen LogP contribution in [0.4, 0.5) is 21.0 Å². The van der Waals surface area contributed by atoms with Crippen LogP contribution in [0.1, 0.15) is 32.1 Å². The summed E-state index contributed by atoms with van der Waals surface area (Å²) < 4.78 is 0. The summed E-state index contributed by atoms with van der Waals surface area (Å²) in [6.45, 7) is 0. The van der Waals surface area contributed by atoms with Crippen LogP contribution in [0.15, 0.2) is 122 Å². The first-order valence-electron chi connectivity index (χ1n) is 14.5. The van der Waals surface area contributed by atoms with Crippen molar-refractivity contribution in [2.75, 3.05) is 10.6 Å². The first-order chi connectivity index (χ1) is 22.9. The number of urea groups is 2. The molecule has 12 heteroatoms. The lowest BCUT2D eigenvalue weighted by Gasteiger charge is -2.11. The Morgan fingerprint density at radius 2 is 0.851 bits per heavy atom. The van der Waals surface area contributed by atoms with E-state index in [9.17, 15) is 19.2 Å². The van der Waals surface area contributed by atoms with E-state index < -0.39 is 23.9 Å². The van der Waals surface area contributed by atoms with Gasteiger partial charge in [0.1, 0.15) is 11.4 Å². The van der Waals surface area contributed by atoms with Crippen molar-refractivity contribution in [3.8, 4) is 0 Å². The van der Waals surface area contributed by atoms with Crippen LogP contribution in [-0.4, -0.2) is 33.8 Å². The minimum atomic E-state index is -0.607. The molecular formula is C35H28N8O4. The lowest BCUT2D eigenvalue weighted by atomic mass is 10.0. The molecule has 0 bridgehead atoms. The van der Waals surface area contributed by atoms with E-state index in [1.807, 2.05) is 72.8 Å². The molecule has 6 aromatic rings. The average molecular weight is 625 g/mol. The monoisotopic (exact) mass is 624 g/mol. The number of hydrogen-bond donors (Lipinski definition) is 6. The third kappa shape index (κ3) is 7.83. The van der Waals surface area contributed by atoms with Crippen LogP contribution in [0.3, 0.4) is 0 Å².